The molecule has 1 unspecified atom stereocenters. The van der Waals surface area contributed by atoms with E-state index in [2.05, 4.69) is 10.9 Å². The summed E-state index contributed by atoms with van der Waals surface area (Å²) in [6, 6.07) is 18.3. The average Bonchev–Trinajstić information content (AvgIpc) is 2.67. The minimum atomic E-state index is -0.718. The van der Waals surface area contributed by atoms with Gasteiger partial charge < -0.3 is 0 Å². The van der Waals surface area contributed by atoms with Crippen molar-refractivity contribution in [3.8, 4) is 0 Å². The van der Waals surface area contributed by atoms with Crippen molar-refractivity contribution < 1.29 is 19.6 Å². The van der Waals surface area contributed by atoms with Gasteiger partial charge in [-0.3, -0.25) is 30.4 Å². The zero-order valence-corrected chi connectivity index (χ0v) is 14.2. The second kappa shape index (κ2) is 9.95. The van der Waals surface area contributed by atoms with Crippen LogP contribution < -0.4 is 10.9 Å². The fourth-order valence-corrected chi connectivity index (χ4v) is 2.47. The molecular formula is C19H21N3O4. The molecule has 2 aromatic rings. The Morgan fingerprint density at radius 3 is 2.12 bits per heavy atom. The quantitative estimate of drug-likeness (QED) is 0.375. The number of benzene rings is 2. The maximum absolute atomic E-state index is 12.4. The molecule has 26 heavy (non-hydrogen) atoms. The highest BCUT2D eigenvalue weighted by Gasteiger charge is 2.22. The fourth-order valence-electron chi connectivity index (χ4n) is 2.47. The first kappa shape index (κ1) is 19.1. The molecule has 0 saturated carbocycles. The van der Waals surface area contributed by atoms with Crippen LogP contribution in [0, 0.1) is 5.92 Å². The molecule has 3 N–H and O–H groups in total. The van der Waals surface area contributed by atoms with Crippen LogP contribution in [0.5, 0.6) is 0 Å². The van der Waals surface area contributed by atoms with E-state index >= 15 is 0 Å². The molecule has 0 aliphatic carbocycles. The normalized spacial score (nSPS) is 11.3. The van der Waals surface area contributed by atoms with Crippen LogP contribution in [0.15, 0.2) is 60.7 Å². The lowest BCUT2D eigenvalue weighted by molar-refractivity contribution is -0.154. The molecule has 7 nitrogen and oxygen atoms in total. The van der Waals surface area contributed by atoms with Gasteiger partial charge in [-0.2, -0.15) is 0 Å². The first-order chi connectivity index (χ1) is 12.6. The molecule has 7 heteroatoms. The fraction of sp³-hybridized carbons (Fsp3) is 0.211. The largest absolute Gasteiger partial charge is 0.286 e. The van der Waals surface area contributed by atoms with Crippen LogP contribution in [0.2, 0.25) is 0 Å². The number of hydrogen-bond donors (Lipinski definition) is 3. The number of carbonyl (C=O) groups excluding carboxylic acids is 3. The van der Waals surface area contributed by atoms with Gasteiger partial charge >= 0.3 is 0 Å². The van der Waals surface area contributed by atoms with Gasteiger partial charge in [-0.15, -0.1) is 0 Å². The average molecular weight is 355 g/mol. The Labute approximate surface area is 151 Å². The molecule has 0 fully saturated rings. The number of amides is 3. The molecule has 0 aliphatic heterocycles. The van der Waals surface area contributed by atoms with Crippen LogP contribution in [0.3, 0.4) is 0 Å². The van der Waals surface area contributed by atoms with E-state index in [1.165, 1.54) is 0 Å². The minimum Gasteiger partial charge on any atom is -0.286 e. The van der Waals surface area contributed by atoms with Crippen molar-refractivity contribution in [1.29, 1.82) is 0 Å². The summed E-state index contributed by atoms with van der Waals surface area (Å²) in [4.78, 5) is 35.0. The number of nitrogens with zero attached hydrogens (tertiary/aromatic N) is 1. The highest BCUT2D eigenvalue weighted by atomic mass is 16.5. The first-order valence-corrected chi connectivity index (χ1v) is 8.16. The Morgan fingerprint density at radius 2 is 1.54 bits per heavy atom. The van der Waals surface area contributed by atoms with Gasteiger partial charge in [0.25, 0.3) is 0 Å². The van der Waals surface area contributed by atoms with E-state index in [-0.39, 0.29) is 25.3 Å². The van der Waals surface area contributed by atoms with E-state index in [9.17, 15) is 19.6 Å². The van der Waals surface area contributed by atoms with Gasteiger partial charge in [0.05, 0.1) is 18.9 Å². The molecule has 1 atom stereocenters. The third kappa shape index (κ3) is 6.37. The second-order valence-electron chi connectivity index (χ2n) is 5.81. The Balaban J connectivity index is 1.92. The zero-order chi connectivity index (χ0) is 18.8. The predicted molar refractivity (Wildman–Crippen MR) is 94.6 cm³/mol. The van der Waals surface area contributed by atoms with Crippen LogP contribution in [0.25, 0.3) is 0 Å². The topological polar surface area (TPSA) is 98.7 Å². The monoisotopic (exact) mass is 355 g/mol. The Morgan fingerprint density at radius 1 is 0.962 bits per heavy atom. The first-order valence-electron chi connectivity index (χ1n) is 8.16. The molecule has 0 spiro atoms. The number of carbonyl (C=O) groups is 3. The summed E-state index contributed by atoms with van der Waals surface area (Å²) in [6.45, 7) is -0.182. The number of hydrazine groups is 1. The molecule has 0 aliphatic rings. The summed E-state index contributed by atoms with van der Waals surface area (Å²) in [5.41, 5.74) is 6.42. The van der Waals surface area contributed by atoms with Crippen LogP contribution in [-0.4, -0.2) is 35.0 Å². The Bertz CT molecular complexity index is 722. The minimum absolute atomic E-state index is 0.130. The highest BCUT2D eigenvalue weighted by Crippen LogP contribution is 2.10. The Hall–Kier alpha value is -3.19. The molecule has 2 aromatic carbocycles. The molecule has 0 saturated heterocycles. The van der Waals surface area contributed by atoms with Crippen LogP contribution >= 0.6 is 0 Å². The summed E-state index contributed by atoms with van der Waals surface area (Å²) < 4.78 is 0. The molecule has 0 radical (unpaired) electrons. The molecule has 2 rings (SSSR count). The molecule has 0 bridgehead atoms. The smallest absolute Gasteiger partial charge is 0.243 e. The molecule has 0 heterocycles. The number of nitrogens with one attached hydrogen (secondary N) is 2. The van der Waals surface area contributed by atoms with Gasteiger partial charge in [-0.05, 0) is 17.5 Å². The van der Waals surface area contributed by atoms with E-state index in [1.54, 1.807) is 0 Å². The summed E-state index contributed by atoms with van der Waals surface area (Å²) >= 11 is 0. The molecular weight excluding hydrogens is 334 g/mol. The van der Waals surface area contributed by atoms with Crippen LogP contribution in [0.1, 0.15) is 11.1 Å². The van der Waals surface area contributed by atoms with E-state index in [1.807, 2.05) is 60.7 Å². The van der Waals surface area contributed by atoms with Crippen molar-refractivity contribution in [2.24, 2.45) is 5.92 Å². The number of hydrogen-bond acceptors (Lipinski definition) is 4. The maximum atomic E-state index is 12.4. The Kier molecular flexibility index (Phi) is 7.32. The summed E-state index contributed by atoms with van der Waals surface area (Å²) in [5.74, 6) is -1.57. The number of rotatable bonds is 8. The standard InChI is InChI=1S/C19H21N3O4/c23-14-22(26)13-17(11-15-7-3-1-4-8-15)19(25)21-20-18(24)12-16-9-5-2-6-10-16/h1-10,14,17,26H,11-13H2,(H,20,24)(H,21,25). The van der Waals surface area contributed by atoms with Gasteiger partial charge in [0.2, 0.25) is 18.2 Å². The van der Waals surface area contributed by atoms with Crippen molar-refractivity contribution in [3.05, 3.63) is 71.8 Å². The van der Waals surface area contributed by atoms with Crippen LogP contribution in [-0.2, 0) is 27.2 Å². The molecule has 136 valence electrons. The maximum Gasteiger partial charge on any atom is 0.243 e. The van der Waals surface area contributed by atoms with Gasteiger partial charge in [0, 0.05) is 0 Å². The SMILES string of the molecule is O=CN(O)CC(Cc1ccccc1)C(=O)NNC(=O)Cc1ccccc1. The van der Waals surface area contributed by atoms with Crippen molar-refractivity contribution in [3.63, 3.8) is 0 Å². The van der Waals surface area contributed by atoms with Gasteiger partial charge in [-0.25, -0.2) is 5.06 Å². The van der Waals surface area contributed by atoms with Crippen LogP contribution in [0.4, 0.5) is 0 Å². The lowest BCUT2D eigenvalue weighted by Gasteiger charge is -2.20. The van der Waals surface area contributed by atoms with Gasteiger partial charge in [-0.1, -0.05) is 60.7 Å². The second-order valence-corrected chi connectivity index (χ2v) is 5.81. The summed E-state index contributed by atoms with van der Waals surface area (Å²) in [7, 11) is 0. The van der Waals surface area contributed by atoms with E-state index in [4.69, 9.17) is 0 Å². The van der Waals surface area contributed by atoms with Crippen molar-refractivity contribution in [2.45, 2.75) is 12.8 Å². The third-order valence-electron chi connectivity index (χ3n) is 3.76. The molecule has 3 amide bonds. The lowest BCUT2D eigenvalue weighted by atomic mass is 9.98. The van der Waals surface area contributed by atoms with E-state index < -0.39 is 11.8 Å². The summed E-state index contributed by atoms with van der Waals surface area (Å²) in [5, 5.41) is 9.84. The van der Waals surface area contributed by atoms with Crippen molar-refractivity contribution in [2.75, 3.05) is 6.54 Å². The van der Waals surface area contributed by atoms with E-state index in [0.29, 0.717) is 11.5 Å². The van der Waals surface area contributed by atoms with Gasteiger partial charge in [0.1, 0.15) is 0 Å². The van der Waals surface area contributed by atoms with Crippen molar-refractivity contribution in [1.82, 2.24) is 15.9 Å². The van der Waals surface area contributed by atoms with E-state index in [0.717, 1.165) is 11.1 Å². The zero-order valence-electron chi connectivity index (χ0n) is 14.2. The summed E-state index contributed by atoms with van der Waals surface area (Å²) in [6.07, 6.45) is 0.677. The predicted octanol–water partition coefficient (Wildman–Crippen LogP) is 1.08. The third-order valence-corrected chi connectivity index (χ3v) is 3.76. The highest BCUT2D eigenvalue weighted by molar-refractivity contribution is 5.84. The van der Waals surface area contributed by atoms with Crippen molar-refractivity contribution >= 4 is 18.2 Å². The number of hydroxylamine groups is 2. The molecule has 0 aromatic heterocycles. The lowest BCUT2D eigenvalue weighted by Crippen LogP contribution is -2.47. The van der Waals surface area contributed by atoms with Gasteiger partial charge in [0.15, 0.2) is 0 Å².